The first-order valence-corrected chi connectivity index (χ1v) is 5.85. The topological polar surface area (TPSA) is 17.1 Å². The Balaban J connectivity index is 2.37. The van der Waals surface area contributed by atoms with Crippen LogP contribution in [0.5, 0.6) is 0 Å². The number of hydrogen-bond donors (Lipinski definition) is 0. The maximum absolute atomic E-state index is 11.6. The Morgan fingerprint density at radius 3 is 2.44 bits per heavy atom. The highest BCUT2D eigenvalue weighted by Gasteiger charge is 2.04. The molecule has 0 bridgehead atoms. The predicted octanol–water partition coefficient (Wildman–Crippen LogP) is 3.85. The SMILES string of the molecule is C=C(CC)CC(=O)CCc1ccc(C)cc1. The van der Waals surface area contributed by atoms with Crippen LogP contribution in [0.2, 0.25) is 0 Å². The van der Waals surface area contributed by atoms with Gasteiger partial charge in [-0.3, -0.25) is 4.79 Å². The molecule has 0 N–H and O–H groups in total. The number of carbonyl (C=O) groups excluding carboxylic acids is 1. The van der Waals surface area contributed by atoms with Crippen LogP contribution < -0.4 is 0 Å². The van der Waals surface area contributed by atoms with Gasteiger partial charge in [0, 0.05) is 12.8 Å². The molecule has 0 aliphatic rings. The van der Waals surface area contributed by atoms with Gasteiger partial charge in [-0.1, -0.05) is 48.9 Å². The summed E-state index contributed by atoms with van der Waals surface area (Å²) in [5, 5.41) is 0. The van der Waals surface area contributed by atoms with Crippen molar-refractivity contribution < 1.29 is 4.79 Å². The number of hydrogen-bond acceptors (Lipinski definition) is 1. The third-order valence-electron chi connectivity index (χ3n) is 2.76. The number of ketones is 1. The molecule has 0 amide bonds. The lowest BCUT2D eigenvalue weighted by Gasteiger charge is -2.03. The Bertz CT molecular complexity index is 360. The fourth-order valence-corrected chi connectivity index (χ4v) is 1.53. The van der Waals surface area contributed by atoms with Gasteiger partial charge in [0.1, 0.15) is 5.78 Å². The number of Topliss-reactive ketones (excluding diaryl/α,β-unsaturated/α-hetero) is 1. The second-order valence-electron chi connectivity index (χ2n) is 4.30. The molecule has 1 aromatic carbocycles. The molecular formula is C15H20O. The molecule has 0 spiro atoms. The van der Waals surface area contributed by atoms with Crippen LogP contribution in [0, 0.1) is 6.92 Å². The molecule has 1 aromatic rings. The Hall–Kier alpha value is -1.37. The van der Waals surface area contributed by atoms with Gasteiger partial charge in [0.15, 0.2) is 0 Å². The molecule has 0 aliphatic carbocycles. The highest BCUT2D eigenvalue weighted by atomic mass is 16.1. The first kappa shape index (κ1) is 12.7. The molecule has 0 fully saturated rings. The van der Waals surface area contributed by atoms with E-state index in [4.69, 9.17) is 0 Å². The third kappa shape index (κ3) is 4.43. The van der Waals surface area contributed by atoms with Crippen molar-refractivity contribution in [3.8, 4) is 0 Å². The molecule has 1 rings (SSSR count). The average Bonchev–Trinajstić information content (AvgIpc) is 2.28. The van der Waals surface area contributed by atoms with Crippen LogP contribution in [0.25, 0.3) is 0 Å². The molecule has 1 nitrogen and oxygen atoms in total. The standard InChI is InChI=1S/C15H20O/c1-4-12(2)11-15(16)10-9-14-7-5-13(3)6-8-14/h5-8H,2,4,9-11H2,1,3H3. The van der Waals surface area contributed by atoms with Gasteiger partial charge in [-0.25, -0.2) is 0 Å². The summed E-state index contributed by atoms with van der Waals surface area (Å²) >= 11 is 0. The van der Waals surface area contributed by atoms with Crippen LogP contribution >= 0.6 is 0 Å². The quantitative estimate of drug-likeness (QED) is 0.660. The maximum atomic E-state index is 11.6. The second-order valence-corrected chi connectivity index (χ2v) is 4.30. The van der Waals surface area contributed by atoms with E-state index in [9.17, 15) is 4.79 Å². The first-order valence-electron chi connectivity index (χ1n) is 5.85. The third-order valence-corrected chi connectivity index (χ3v) is 2.76. The molecule has 0 saturated carbocycles. The van der Waals surface area contributed by atoms with E-state index >= 15 is 0 Å². The van der Waals surface area contributed by atoms with E-state index in [-0.39, 0.29) is 0 Å². The number of benzene rings is 1. The molecule has 0 radical (unpaired) electrons. The zero-order valence-electron chi connectivity index (χ0n) is 10.3. The molecule has 0 aromatic heterocycles. The van der Waals surface area contributed by atoms with Gasteiger partial charge in [0.2, 0.25) is 0 Å². The van der Waals surface area contributed by atoms with Gasteiger partial charge in [0.25, 0.3) is 0 Å². The molecule has 16 heavy (non-hydrogen) atoms. The van der Waals surface area contributed by atoms with Crippen molar-refractivity contribution in [2.24, 2.45) is 0 Å². The molecular weight excluding hydrogens is 196 g/mol. The van der Waals surface area contributed by atoms with E-state index < -0.39 is 0 Å². The summed E-state index contributed by atoms with van der Waals surface area (Å²) in [6, 6.07) is 8.37. The molecule has 1 heteroatoms. The summed E-state index contributed by atoms with van der Waals surface area (Å²) in [6.07, 6.45) is 2.91. The number of carbonyl (C=O) groups is 1. The summed E-state index contributed by atoms with van der Waals surface area (Å²) in [4.78, 5) is 11.6. The average molecular weight is 216 g/mol. The highest BCUT2D eigenvalue weighted by molar-refractivity contribution is 5.80. The Labute approximate surface area is 98.2 Å². The number of allylic oxidation sites excluding steroid dienone is 1. The minimum atomic E-state index is 0.299. The lowest BCUT2D eigenvalue weighted by atomic mass is 10.0. The van der Waals surface area contributed by atoms with Crippen LogP contribution in [0.4, 0.5) is 0 Å². The Morgan fingerprint density at radius 1 is 1.25 bits per heavy atom. The first-order chi connectivity index (χ1) is 7.61. The van der Waals surface area contributed by atoms with E-state index in [2.05, 4.69) is 37.8 Å². The van der Waals surface area contributed by atoms with E-state index in [1.165, 1.54) is 11.1 Å². The van der Waals surface area contributed by atoms with Gasteiger partial charge >= 0.3 is 0 Å². The minimum Gasteiger partial charge on any atom is -0.299 e. The van der Waals surface area contributed by atoms with Gasteiger partial charge in [0.05, 0.1) is 0 Å². The summed E-state index contributed by atoms with van der Waals surface area (Å²) in [7, 11) is 0. The molecule has 0 atom stereocenters. The van der Waals surface area contributed by atoms with E-state index in [0.29, 0.717) is 18.6 Å². The monoisotopic (exact) mass is 216 g/mol. The highest BCUT2D eigenvalue weighted by Crippen LogP contribution is 2.10. The molecule has 0 aliphatic heterocycles. The van der Waals surface area contributed by atoms with Crippen LogP contribution in [0.15, 0.2) is 36.4 Å². The van der Waals surface area contributed by atoms with E-state index in [1.54, 1.807) is 0 Å². The summed E-state index contributed by atoms with van der Waals surface area (Å²) in [6.45, 7) is 7.97. The van der Waals surface area contributed by atoms with Crippen molar-refractivity contribution >= 4 is 5.78 Å². The van der Waals surface area contributed by atoms with Crippen molar-refractivity contribution in [2.75, 3.05) is 0 Å². The Kier molecular flexibility index (Phi) is 4.97. The van der Waals surface area contributed by atoms with Crippen molar-refractivity contribution in [1.82, 2.24) is 0 Å². The van der Waals surface area contributed by atoms with E-state index in [0.717, 1.165) is 18.4 Å². The number of aryl methyl sites for hydroxylation is 2. The van der Waals surface area contributed by atoms with Crippen molar-refractivity contribution in [3.63, 3.8) is 0 Å². The summed E-state index contributed by atoms with van der Waals surface area (Å²) in [5.74, 6) is 0.299. The van der Waals surface area contributed by atoms with Gasteiger partial charge < -0.3 is 0 Å². The van der Waals surface area contributed by atoms with Crippen molar-refractivity contribution in [2.45, 2.75) is 39.5 Å². The lowest BCUT2D eigenvalue weighted by molar-refractivity contribution is -0.118. The fourth-order valence-electron chi connectivity index (χ4n) is 1.53. The smallest absolute Gasteiger partial charge is 0.137 e. The van der Waals surface area contributed by atoms with Crippen LogP contribution in [-0.4, -0.2) is 5.78 Å². The minimum absolute atomic E-state index is 0.299. The van der Waals surface area contributed by atoms with Gasteiger partial charge in [-0.05, 0) is 25.3 Å². The normalized spacial score (nSPS) is 10.1. The van der Waals surface area contributed by atoms with Crippen molar-refractivity contribution in [3.05, 3.63) is 47.5 Å². The van der Waals surface area contributed by atoms with Crippen molar-refractivity contribution in [1.29, 1.82) is 0 Å². The molecule has 0 heterocycles. The zero-order valence-corrected chi connectivity index (χ0v) is 10.3. The largest absolute Gasteiger partial charge is 0.299 e. The predicted molar refractivity (Wildman–Crippen MR) is 68.6 cm³/mol. The second kappa shape index (κ2) is 6.26. The van der Waals surface area contributed by atoms with E-state index in [1.807, 2.05) is 6.92 Å². The molecule has 0 unspecified atom stereocenters. The maximum Gasteiger partial charge on any atom is 0.137 e. The Morgan fingerprint density at radius 2 is 1.88 bits per heavy atom. The van der Waals surface area contributed by atoms with Crippen LogP contribution in [0.3, 0.4) is 0 Å². The lowest BCUT2D eigenvalue weighted by Crippen LogP contribution is -2.01. The van der Waals surface area contributed by atoms with Crippen LogP contribution in [0.1, 0.15) is 37.3 Å². The summed E-state index contributed by atoms with van der Waals surface area (Å²) in [5.41, 5.74) is 3.53. The zero-order chi connectivity index (χ0) is 12.0. The summed E-state index contributed by atoms with van der Waals surface area (Å²) < 4.78 is 0. The fraction of sp³-hybridized carbons (Fsp3) is 0.400. The van der Waals surface area contributed by atoms with Gasteiger partial charge in [-0.2, -0.15) is 0 Å². The van der Waals surface area contributed by atoms with Crippen LogP contribution in [-0.2, 0) is 11.2 Å². The number of rotatable bonds is 6. The van der Waals surface area contributed by atoms with Gasteiger partial charge in [-0.15, -0.1) is 0 Å². The molecule has 86 valence electrons. The molecule has 0 saturated heterocycles.